The van der Waals surface area contributed by atoms with Crippen molar-refractivity contribution >= 4 is 29.3 Å². The Hall–Kier alpha value is -3.98. The number of carbonyl (C=O) groups is 2. The van der Waals surface area contributed by atoms with E-state index in [4.69, 9.17) is 4.74 Å². The van der Waals surface area contributed by atoms with Crippen molar-refractivity contribution in [3.05, 3.63) is 90.3 Å². The van der Waals surface area contributed by atoms with E-state index in [1.54, 1.807) is 43.6 Å². The summed E-state index contributed by atoms with van der Waals surface area (Å²) in [5.74, 6) is 0.211. The van der Waals surface area contributed by atoms with E-state index in [1.165, 1.54) is 17.3 Å². The highest BCUT2D eigenvalue weighted by Crippen LogP contribution is 2.24. The van der Waals surface area contributed by atoms with Gasteiger partial charge in [0.05, 0.1) is 17.9 Å². The molecule has 0 fully saturated rings. The largest absolute Gasteiger partial charge is 0.462 e. The third-order valence-corrected chi connectivity index (χ3v) is 6.06. The van der Waals surface area contributed by atoms with Gasteiger partial charge in [-0.25, -0.2) is 4.79 Å². The van der Waals surface area contributed by atoms with Crippen LogP contribution in [0, 0.1) is 0 Å². The number of amides is 1. The van der Waals surface area contributed by atoms with Crippen LogP contribution in [0.5, 0.6) is 0 Å². The molecule has 0 aliphatic heterocycles. The molecule has 0 aliphatic carbocycles. The maximum absolute atomic E-state index is 12.6. The molecule has 2 heterocycles. The van der Waals surface area contributed by atoms with E-state index >= 15 is 0 Å². The van der Waals surface area contributed by atoms with Crippen molar-refractivity contribution in [1.29, 1.82) is 0 Å². The van der Waals surface area contributed by atoms with Crippen LogP contribution in [-0.4, -0.2) is 44.0 Å². The number of aryl methyl sites for hydroxylation is 1. The molecule has 2 aromatic heterocycles. The summed E-state index contributed by atoms with van der Waals surface area (Å²) in [5.41, 5.74) is 2.98. The lowest BCUT2D eigenvalue weighted by Gasteiger charge is -2.11. The Balaban J connectivity index is 1.45. The predicted octanol–water partition coefficient (Wildman–Crippen LogP) is 4.49. The average Bonchev–Trinajstić information content (AvgIpc) is 3.30. The Bertz CT molecular complexity index is 1280. The third-order valence-electron chi connectivity index (χ3n) is 5.09. The molecule has 35 heavy (non-hydrogen) atoms. The summed E-state index contributed by atoms with van der Waals surface area (Å²) < 4.78 is 7.04. The first-order chi connectivity index (χ1) is 17.1. The zero-order valence-electron chi connectivity index (χ0n) is 19.3. The molecule has 0 unspecified atom stereocenters. The number of carbonyl (C=O) groups excluding carboxylic acids is 2. The van der Waals surface area contributed by atoms with E-state index in [0.717, 1.165) is 12.0 Å². The maximum atomic E-state index is 12.6. The number of hydrogen-bond donors (Lipinski definition) is 1. The highest BCUT2D eigenvalue weighted by atomic mass is 32.2. The molecular formula is C26H25N5O3S. The fourth-order valence-corrected chi connectivity index (χ4v) is 4.22. The van der Waals surface area contributed by atoms with Crippen LogP contribution in [0.3, 0.4) is 0 Å². The normalized spacial score (nSPS) is 10.7. The number of nitrogens with one attached hydrogen (secondary N) is 1. The number of ether oxygens (including phenoxy) is 1. The molecule has 8 nitrogen and oxygen atoms in total. The van der Waals surface area contributed by atoms with Crippen molar-refractivity contribution in [3.63, 3.8) is 0 Å². The van der Waals surface area contributed by atoms with Crippen LogP contribution in [0.15, 0.2) is 84.3 Å². The fourth-order valence-electron chi connectivity index (χ4n) is 3.46. The Morgan fingerprint density at radius 2 is 1.89 bits per heavy atom. The van der Waals surface area contributed by atoms with Crippen molar-refractivity contribution in [2.24, 2.45) is 0 Å². The van der Waals surface area contributed by atoms with E-state index in [-0.39, 0.29) is 18.3 Å². The van der Waals surface area contributed by atoms with Gasteiger partial charge < -0.3 is 14.6 Å². The molecule has 4 aromatic rings. The summed E-state index contributed by atoms with van der Waals surface area (Å²) in [4.78, 5) is 28.8. The lowest BCUT2D eigenvalue weighted by atomic mass is 10.1. The summed E-state index contributed by atoms with van der Waals surface area (Å²) in [6.07, 6.45) is 4.26. The van der Waals surface area contributed by atoms with Gasteiger partial charge in [0, 0.05) is 30.2 Å². The van der Waals surface area contributed by atoms with Crippen LogP contribution in [0.4, 0.5) is 5.69 Å². The fraction of sp³-hybridized carbons (Fsp3) is 0.192. The molecule has 1 amide bonds. The second kappa shape index (κ2) is 11.9. The van der Waals surface area contributed by atoms with Gasteiger partial charge >= 0.3 is 5.97 Å². The second-order valence-corrected chi connectivity index (χ2v) is 8.52. The number of pyridine rings is 1. The van der Waals surface area contributed by atoms with Crippen molar-refractivity contribution < 1.29 is 14.3 Å². The predicted molar refractivity (Wildman–Crippen MR) is 135 cm³/mol. The zero-order chi connectivity index (χ0) is 24.5. The quantitative estimate of drug-likeness (QED) is 0.260. The number of rotatable bonds is 10. The van der Waals surface area contributed by atoms with Crippen LogP contribution in [-0.2, 0) is 22.5 Å². The van der Waals surface area contributed by atoms with Gasteiger partial charge in [-0.1, -0.05) is 48.2 Å². The molecule has 1 N–H and O–H groups in total. The SMILES string of the molecule is CCOC(=O)c1cccc(NC(=O)CSc2nnc(-c3cccnc3)n2CCc2ccccc2)c1. The first-order valence-corrected chi connectivity index (χ1v) is 12.2. The summed E-state index contributed by atoms with van der Waals surface area (Å²) in [6, 6.07) is 20.7. The standard InChI is InChI=1S/C26H25N5O3S/c1-2-34-25(33)20-10-6-12-22(16-20)28-23(32)18-35-26-30-29-24(21-11-7-14-27-17-21)31(26)15-13-19-8-4-3-5-9-19/h3-12,14,16-17H,2,13,15,18H2,1H3,(H,28,32). The average molecular weight is 488 g/mol. The van der Waals surface area contributed by atoms with Crippen LogP contribution in [0.25, 0.3) is 11.4 Å². The number of thioether (sulfide) groups is 1. The first kappa shape index (κ1) is 24.2. The van der Waals surface area contributed by atoms with Gasteiger partial charge in [-0.05, 0) is 49.2 Å². The molecule has 0 atom stereocenters. The lowest BCUT2D eigenvalue weighted by Crippen LogP contribution is -2.15. The van der Waals surface area contributed by atoms with Gasteiger partial charge in [-0.3, -0.25) is 9.78 Å². The molecular weight excluding hydrogens is 462 g/mol. The molecule has 0 radical (unpaired) electrons. The second-order valence-electron chi connectivity index (χ2n) is 7.57. The van der Waals surface area contributed by atoms with Crippen molar-refractivity contribution in [3.8, 4) is 11.4 Å². The van der Waals surface area contributed by atoms with Crippen LogP contribution in [0.1, 0.15) is 22.8 Å². The van der Waals surface area contributed by atoms with E-state index in [0.29, 0.717) is 28.8 Å². The van der Waals surface area contributed by atoms with Gasteiger partial charge in [0.2, 0.25) is 5.91 Å². The minimum absolute atomic E-state index is 0.139. The molecule has 2 aromatic carbocycles. The Labute approximate surface area is 207 Å². The molecule has 9 heteroatoms. The molecule has 4 rings (SSSR count). The van der Waals surface area contributed by atoms with Crippen LogP contribution in [0.2, 0.25) is 0 Å². The highest BCUT2D eigenvalue weighted by Gasteiger charge is 2.16. The highest BCUT2D eigenvalue weighted by molar-refractivity contribution is 7.99. The summed E-state index contributed by atoms with van der Waals surface area (Å²) in [7, 11) is 0. The lowest BCUT2D eigenvalue weighted by molar-refractivity contribution is -0.113. The Kier molecular flexibility index (Phi) is 8.24. The number of anilines is 1. The van der Waals surface area contributed by atoms with Gasteiger partial charge in [-0.2, -0.15) is 0 Å². The minimum atomic E-state index is -0.424. The van der Waals surface area contributed by atoms with Crippen LogP contribution >= 0.6 is 11.8 Å². The monoisotopic (exact) mass is 487 g/mol. The number of benzene rings is 2. The Morgan fingerprint density at radius 1 is 1.03 bits per heavy atom. The first-order valence-electron chi connectivity index (χ1n) is 11.2. The number of aromatic nitrogens is 4. The topological polar surface area (TPSA) is 99.0 Å². The molecule has 0 saturated heterocycles. The van der Waals surface area contributed by atoms with Gasteiger partial charge in [0.25, 0.3) is 0 Å². The smallest absolute Gasteiger partial charge is 0.338 e. The molecule has 0 aliphatic rings. The van der Waals surface area contributed by atoms with E-state index < -0.39 is 5.97 Å². The van der Waals surface area contributed by atoms with E-state index in [9.17, 15) is 9.59 Å². The van der Waals surface area contributed by atoms with Gasteiger partial charge in [0.1, 0.15) is 0 Å². The zero-order valence-corrected chi connectivity index (χ0v) is 20.1. The van der Waals surface area contributed by atoms with Crippen molar-refractivity contribution in [1.82, 2.24) is 19.7 Å². The van der Waals surface area contributed by atoms with Gasteiger partial charge in [-0.15, -0.1) is 10.2 Å². The van der Waals surface area contributed by atoms with E-state index in [2.05, 4.69) is 32.6 Å². The Morgan fingerprint density at radius 3 is 2.66 bits per heavy atom. The summed E-state index contributed by atoms with van der Waals surface area (Å²) in [6.45, 7) is 2.70. The van der Waals surface area contributed by atoms with Crippen LogP contribution < -0.4 is 5.32 Å². The van der Waals surface area contributed by atoms with E-state index in [1.807, 2.05) is 34.9 Å². The van der Waals surface area contributed by atoms with Crippen molar-refractivity contribution in [2.75, 3.05) is 17.7 Å². The molecule has 178 valence electrons. The van der Waals surface area contributed by atoms with Crippen molar-refractivity contribution in [2.45, 2.75) is 25.0 Å². The summed E-state index contributed by atoms with van der Waals surface area (Å²) >= 11 is 1.31. The number of hydrogen-bond acceptors (Lipinski definition) is 7. The number of esters is 1. The third kappa shape index (κ3) is 6.54. The molecule has 0 spiro atoms. The molecule has 0 saturated carbocycles. The number of nitrogens with zero attached hydrogens (tertiary/aromatic N) is 4. The molecule has 0 bridgehead atoms. The van der Waals surface area contributed by atoms with Gasteiger partial charge in [0.15, 0.2) is 11.0 Å². The minimum Gasteiger partial charge on any atom is -0.462 e. The summed E-state index contributed by atoms with van der Waals surface area (Å²) in [5, 5.41) is 12.2. The maximum Gasteiger partial charge on any atom is 0.338 e.